The molecular formula is C27H34N4O. The van der Waals surface area contributed by atoms with Crippen molar-refractivity contribution in [3.63, 3.8) is 0 Å². The lowest BCUT2D eigenvalue weighted by atomic mass is 9.77. The quantitative estimate of drug-likeness (QED) is 0.625. The van der Waals surface area contributed by atoms with Gasteiger partial charge in [0.15, 0.2) is 0 Å². The van der Waals surface area contributed by atoms with Gasteiger partial charge in [-0.1, -0.05) is 25.0 Å². The number of benzene rings is 2. The van der Waals surface area contributed by atoms with Crippen LogP contribution in [0.15, 0.2) is 48.5 Å². The van der Waals surface area contributed by atoms with E-state index in [1.807, 2.05) is 43.3 Å². The normalized spacial score (nSPS) is 23.2. The van der Waals surface area contributed by atoms with Crippen LogP contribution in [-0.2, 0) is 0 Å². The Morgan fingerprint density at radius 1 is 1.09 bits per heavy atom. The lowest BCUT2D eigenvalue weighted by molar-refractivity contribution is 0.203. The lowest BCUT2D eigenvalue weighted by Crippen LogP contribution is -2.45. The maximum Gasteiger partial charge on any atom is 0.319 e. The number of nitrogens with one attached hydrogen (secondary N) is 2. The fourth-order valence-electron chi connectivity index (χ4n) is 5.41. The van der Waals surface area contributed by atoms with Crippen molar-refractivity contribution >= 4 is 17.4 Å². The van der Waals surface area contributed by atoms with Crippen LogP contribution in [0.3, 0.4) is 0 Å². The van der Waals surface area contributed by atoms with Gasteiger partial charge in [-0.3, -0.25) is 0 Å². The number of urea groups is 1. The molecule has 0 unspecified atom stereocenters. The van der Waals surface area contributed by atoms with Crippen LogP contribution in [0.25, 0.3) is 0 Å². The molecule has 2 fully saturated rings. The molecule has 2 amide bonds. The van der Waals surface area contributed by atoms with Gasteiger partial charge in [0.1, 0.15) is 0 Å². The number of carbonyl (C=O) groups is 1. The van der Waals surface area contributed by atoms with E-state index < -0.39 is 0 Å². The molecular weight excluding hydrogens is 396 g/mol. The van der Waals surface area contributed by atoms with Gasteiger partial charge in [-0.15, -0.1) is 0 Å². The number of anilines is 2. The number of hydrogen-bond acceptors (Lipinski definition) is 3. The first kappa shape index (κ1) is 22.2. The molecule has 168 valence electrons. The molecule has 0 spiro atoms. The van der Waals surface area contributed by atoms with E-state index >= 15 is 0 Å². The van der Waals surface area contributed by atoms with E-state index in [9.17, 15) is 4.79 Å². The number of nitriles is 1. The average molecular weight is 431 g/mol. The van der Waals surface area contributed by atoms with Crippen LogP contribution in [0.4, 0.5) is 16.2 Å². The van der Waals surface area contributed by atoms with Gasteiger partial charge in [-0.25, -0.2) is 4.79 Å². The molecule has 3 atom stereocenters. The summed E-state index contributed by atoms with van der Waals surface area (Å²) in [6.45, 7) is 4.17. The molecule has 1 heterocycles. The Balaban J connectivity index is 1.34. The van der Waals surface area contributed by atoms with Crippen molar-refractivity contribution in [2.75, 3.05) is 23.3 Å². The second-order valence-electron chi connectivity index (χ2n) is 9.47. The van der Waals surface area contributed by atoms with E-state index in [1.165, 1.54) is 44.2 Å². The van der Waals surface area contributed by atoms with Crippen molar-refractivity contribution in [3.8, 4) is 6.07 Å². The molecule has 1 saturated carbocycles. The van der Waals surface area contributed by atoms with Crippen LogP contribution < -0.4 is 15.5 Å². The van der Waals surface area contributed by atoms with Gasteiger partial charge in [0.25, 0.3) is 0 Å². The van der Waals surface area contributed by atoms with Crippen molar-refractivity contribution in [1.82, 2.24) is 5.32 Å². The zero-order valence-electron chi connectivity index (χ0n) is 19.0. The molecule has 0 bridgehead atoms. The minimum absolute atomic E-state index is 0.0876. The van der Waals surface area contributed by atoms with Gasteiger partial charge in [-0.05, 0) is 92.8 Å². The second kappa shape index (κ2) is 10.5. The molecule has 2 aromatic rings. The third-order valence-corrected chi connectivity index (χ3v) is 7.02. The van der Waals surface area contributed by atoms with Gasteiger partial charge < -0.3 is 15.5 Å². The molecule has 2 aromatic carbocycles. The molecule has 0 aromatic heterocycles. The molecule has 2 aliphatic rings. The largest absolute Gasteiger partial charge is 0.371 e. The summed E-state index contributed by atoms with van der Waals surface area (Å²) in [6.07, 6.45) is 8.33. The average Bonchev–Trinajstić information content (AvgIpc) is 2.80. The van der Waals surface area contributed by atoms with Crippen molar-refractivity contribution in [2.24, 2.45) is 11.8 Å². The maximum atomic E-state index is 12.7. The molecule has 5 heteroatoms. The van der Waals surface area contributed by atoms with Crippen molar-refractivity contribution in [1.29, 1.82) is 5.26 Å². The highest BCUT2D eigenvalue weighted by Crippen LogP contribution is 2.34. The Hall–Kier alpha value is -3.00. The van der Waals surface area contributed by atoms with Crippen LogP contribution >= 0.6 is 0 Å². The van der Waals surface area contributed by atoms with E-state index in [1.54, 1.807) is 0 Å². The van der Waals surface area contributed by atoms with Gasteiger partial charge >= 0.3 is 6.03 Å². The van der Waals surface area contributed by atoms with Crippen LogP contribution in [0.1, 0.15) is 56.1 Å². The van der Waals surface area contributed by atoms with Gasteiger partial charge in [0.05, 0.1) is 11.6 Å². The Kier molecular flexibility index (Phi) is 7.32. The zero-order chi connectivity index (χ0) is 22.3. The standard InChI is InChI=1S/C27H34N4O/c1-20-6-4-9-24(16-20)29-27(32)30-26-10-3-2-8-23(26)17-22-7-5-15-31(19-22)25-13-11-21(18-28)12-14-25/h4,6,9,11-14,16,22-23,26H,2-3,5,7-8,10,15,17,19H2,1H3,(H2,29,30,32)/t22-,23+,26-/m1/s1. The van der Waals surface area contributed by atoms with Crippen LogP contribution in [-0.4, -0.2) is 25.2 Å². The Labute approximate surface area is 191 Å². The lowest BCUT2D eigenvalue weighted by Gasteiger charge is -2.39. The Bertz CT molecular complexity index is 949. The first-order valence-corrected chi connectivity index (χ1v) is 12.0. The SMILES string of the molecule is Cc1cccc(NC(=O)N[C@@H]2CCCC[C@H]2C[C@H]2CCCN(c3ccc(C#N)cc3)C2)c1. The summed E-state index contributed by atoms with van der Waals surface area (Å²) in [6, 6.07) is 18.3. The summed E-state index contributed by atoms with van der Waals surface area (Å²) >= 11 is 0. The minimum atomic E-state index is -0.0876. The number of hydrogen-bond donors (Lipinski definition) is 2. The minimum Gasteiger partial charge on any atom is -0.371 e. The van der Waals surface area contributed by atoms with E-state index in [2.05, 4.69) is 33.7 Å². The highest BCUT2D eigenvalue weighted by Gasteiger charge is 2.30. The van der Waals surface area contributed by atoms with Gasteiger partial charge in [0, 0.05) is 30.5 Å². The fourth-order valence-corrected chi connectivity index (χ4v) is 5.41. The number of carbonyl (C=O) groups excluding carboxylic acids is 1. The molecule has 5 nitrogen and oxygen atoms in total. The monoisotopic (exact) mass is 430 g/mol. The Morgan fingerprint density at radius 3 is 2.69 bits per heavy atom. The third-order valence-electron chi connectivity index (χ3n) is 7.02. The fraction of sp³-hybridized carbons (Fsp3) is 0.481. The zero-order valence-corrected chi connectivity index (χ0v) is 19.0. The number of amides is 2. The second-order valence-corrected chi connectivity index (χ2v) is 9.47. The number of aryl methyl sites for hydroxylation is 1. The predicted octanol–water partition coefficient (Wildman–Crippen LogP) is 5.85. The highest BCUT2D eigenvalue weighted by atomic mass is 16.2. The van der Waals surface area contributed by atoms with Gasteiger partial charge in [0.2, 0.25) is 0 Å². The van der Waals surface area contributed by atoms with Crippen molar-refractivity contribution in [2.45, 2.75) is 57.9 Å². The van der Waals surface area contributed by atoms with Crippen molar-refractivity contribution in [3.05, 3.63) is 59.7 Å². The number of rotatable bonds is 5. The summed E-state index contributed by atoms with van der Waals surface area (Å²) in [5, 5.41) is 15.3. The van der Waals surface area contributed by atoms with E-state index in [0.717, 1.165) is 30.8 Å². The smallest absolute Gasteiger partial charge is 0.319 e. The summed E-state index contributed by atoms with van der Waals surface area (Å²) in [4.78, 5) is 15.1. The summed E-state index contributed by atoms with van der Waals surface area (Å²) in [5.41, 5.74) is 3.91. The first-order chi connectivity index (χ1) is 15.6. The number of nitrogens with zero attached hydrogens (tertiary/aromatic N) is 2. The summed E-state index contributed by atoms with van der Waals surface area (Å²) in [5.74, 6) is 1.18. The molecule has 4 rings (SSSR count). The van der Waals surface area contributed by atoms with Gasteiger partial charge in [-0.2, -0.15) is 5.26 Å². The molecule has 1 saturated heterocycles. The van der Waals surface area contributed by atoms with E-state index in [4.69, 9.17) is 5.26 Å². The first-order valence-electron chi connectivity index (χ1n) is 12.0. The topological polar surface area (TPSA) is 68.2 Å². The molecule has 0 radical (unpaired) electrons. The van der Waals surface area contributed by atoms with Crippen LogP contribution in [0.2, 0.25) is 0 Å². The third kappa shape index (κ3) is 5.82. The summed E-state index contributed by atoms with van der Waals surface area (Å²) in [7, 11) is 0. The molecule has 1 aliphatic heterocycles. The Morgan fingerprint density at radius 2 is 1.91 bits per heavy atom. The predicted molar refractivity (Wildman–Crippen MR) is 130 cm³/mol. The van der Waals surface area contributed by atoms with Crippen molar-refractivity contribution < 1.29 is 4.79 Å². The van der Waals surface area contributed by atoms with Crippen LogP contribution in [0, 0.1) is 30.1 Å². The maximum absolute atomic E-state index is 12.7. The molecule has 1 aliphatic carbocycles. The molecule has 32 heavy (non-hydrogen) atoms. The van der Waals surface area contributed by atoms with Crippen LogP contribution in [0.5, 0.6) is 0 Å². The van der Waals surface area contributed by atoms with E-state index in [0.29, 0.717) is 17.4 Å². The summed E-state index contributed by atoms with van der Waals surface area (Å²) < 4.78 is 0. The van der Waals surface area contributed by atoms with E-state index in [-0.39, 0.29) is 12.1 Å². The molecule has 2 N–H and O–H groups in total. The highest BCUT2D eigenvalue weighted by molar-refractivity contribution is 5.89. The number of piperidine rings is 1.